The number of amides is 2. The van der Waals surface area contributed by atoms with Gasteiger partial charge >= 0.3 is 0 Å². The van der Waals surface area contributed by atoms with Crippen molar-refractivity contribution in [1.82, 2.24) is 15.1 Å². The van der Waals surface area contributed by atoms with Gasteiger partial charge in [0.15, 0.2) is 0 Å². The lowest BCUT2D eigenvalue weighted by Gasteiger charge is -2.30. The van der Waals surface area contributed by atoms with Gasteiger partial charge in [-0.15, -0.1) is 10.2 Å². The summed E-state index contributed by atoms with van der Waals surface area (Å²) < 4.78 is 0. The molecule has 1 aliphatic heterocycles. The summed E-state index contributed by atoms with van der Waals surface area (Å²) in [7, 11) is 0. The van der Waals surface area contributed by atoms with E-state index in [1.165, 1.54) is 23.5 Å². The highest BCUT2D eigenvalue weighted by Crippen LogP contribution is 2.28. The number of anilines is 2. The second-order valence-corrected chi connectivity index (χ2v) is 9.52. The molecular weight excluding hydrogens is 462 g/mol. The Morgan fingerprint density at radius 1 is 1.12 bits per heavy atom. The fraction of sp³-hybridized carbons (Fsp3) is 0.304. The lowest BCUT2D eigenvalue weighted by molar-refractivity contribution is -0.121. The summed E-state index contributed by atoms with van der Waals surface area (Å²) in [6.45, 7) is 4.02. The number of phenols is 1. The van der Waals surface area contributed by atoms with Crippen molar-refractivity contribution >= 4 is 46.1 Å². The molecule has 1 aliphatic rings. The highest BCUT2D eigenvalue weighted by Gasteiger charge is 2.26. The van der Waals surface area contributed by atoms with E-state index in [1.54, 1.807) is 6.07 Å². The van der Waals surface area contributed by atoms with Crippen LogP contribution in [0.2, 0.25) is 5.02 Å². The van der Waals surface area contributed by atoms with Crippen LogP contribution in [0.1, 0.15) is 33.2 Å². The molecule has 2 heterocycles. The van der Waals surface area contributed by atoms with Crippen LogP contribution in [0, 0.1) is 12.8 Å². The maximum Gasteiger partial charge on any atom is 0.286 e. The van der Waals surface area contributed by atoms with Crippen molar-refractivity contribution < 1.29 is 14.7 Å². The minimum atomic E-state index is -0.276. The summed E-state index contributed by atoms with van der Waals surface area (Å²) in [6, 6.07) is 12.1. The molecule has 4 rings (SSSR count). The third-order valence-electron chi connectivity index (χ3n) is 5.50. The van der Waals surface area contributed by atoms with E-state index in [2.05, 4.69) is 25.7 Å². The van der Waals surface area contributed by atoms with Crippen LogP contribution in [0.25, 0.3) is 0 Å². The molecule has 1 aromatic heterocycles. The van der Waals surface area contributed by atoms with Crippen LogP contribution < -0.4 is 10.6 Å². The first kappa shape index (κ1) is 23.2. The van der Waals surface area contributed by atoms with Crippen molar-refractivity contribution in [3.8, 4) is 5.75 Å². The van der Waals surface area contributed by atoms with Crippen molar-refractivity contribution in [3.05, 3.63) is 63.1 Å². The predicted molar refractivity (Wildman–Crippen MR) is 129 cm³/mol. The maximum atomic E-state index is 12.6. The number of nitrogens with zero attached hydrogens (tertiary/aromatic N) is 3. The Kier molecular flexibility index (Phi) is 7.22. The average Bonchev–Trinajstić information content (AvgIpc) is 3.27. The van der Waals surface area contributed by atoms with E-state index in [-0.39, 0.29) is 23.5 Å². The Balaban J connectivity index is 1.26. The van der Waals surface area contributed by atoms with Crippen LogP contribution in [-0.2, 0) is 11.3 Å². The van der Waals surface area contributed by atoms with E-state index in [0.717, 1.165) is 23.7 Å². The van der Waals surface area contributed by atoms with Crippen LogP contribution in [0.3, 0.4) is 0 Å². The van der Waals surface area contributed by atoms with Crippen molar-refractivity contribution in [2.24, 2.45) is 5.92 Å². The van der Waals surface area contributed by atoms with Crippen LogP contribution in [-0.4, -0.2) is 45.1 Å². The van der Waals surface area contributed by atoms with E-state index in [9.17, 15) is 14.7 Å². The number of aromatic nitrogens is 2. The summed E-state index contributed by atoms with van der Waals surface area (Å²) in [6.07, 6.45) is 1.37. The quantitative estimate of drug-likeness (QED) is 0.449. The molecule has 0 spiro atoms. The summed E-state index contributed by atoms with van der Waals surface area (Å²) in [5.41, 5.74) is 2.16. The van der Waals surface area contributed by atoms with Crippen LogP contribution in [0.15, 0.2) is 42.5 Å². The van der Waals surface area contributed by atoms with Crippen LogP contribution in [0.5, 0.6) is 5.75 Å². The minimum absolute atomic E-state index is 0.0105. The average molecular weight is 486 g/mol. The molecule has 33 heavy (non-hydrogen) atoms. The number of halogens is 1. The first-order valence-electron chi connectivity index (χ1n) is 10.6. The smallest absolute Gasteiger partial charge is 0.286 e. The number of phenolic OH excluding ortho intramolecular Hbond substituents is 1. The fourth-order valence-electron chi connectivity index (χ4n) is 3.62. The van der Waals surface area contributed by atoms with E-state index in [1.807, 2.05) is 31.2 Å². The molecule has 0 saturated carbocycles. The van der Waals surface area contributed by atoms with Gasteiger partial charge in [-0.1, -0.05) is 40.6 Å². The lowest BCUT2D eigenvalue weighted by Crippen LogP contribution is -2.37. The number of rotatable bonds is 6. The monoisotopic (exact) mass is 485 g/mol. The number of aryl methyl sites for hydroxylation is 1. The van der Waals surface area contributed by atoms with Crippen molar-refractivity contribution in [2.75, 3.05) is 23.7 Å². The molecule has 3 N–H and O–H groups in total. The Bertz CT molecular complexity index is 1140. The van der Waals surface area contributed by atoms with E-state index in [4.69, 9.17) is 11.6 Å². The van der Waals surface area contributed by atoms with Gasteiger partial charge < -0.3 is 15.7 Å². The summed E-state index contributed by atoms with van der Waals surface area (Å²) >= 11 is 7.22. The molecule has 8 nitrogen and oxygen atoms in total. The van der Waals surface area contributed by atoms with Crippen molar-refractivity contribution in [3.63, 3.8) is 0 Å². The molecule has 2 aromatic carbocycles. The fourth-order valence-corrected chi connectivity index (χ4v) is 4.57. The van der Waals surface area contributed by atoms with E-state index in [0.29, 0.717) is 40.8 Å². The van der Waals surface area contributed by atoms with Crippen LogP contribution in [0.4, 0.5) is 11.4 Å². The SMILES string of the molecule is Cc1ccc(NC(=O)c2nnc(CN3CCC(C(=O)Nc4cc(Cl)ccc4O)CC3)s2)cc1. The van der Waals surface area contributed by atoms with Gasteiger partial charge in [0.2, 0.25) is 10.9 Å². The summed E-state index contributed by atoms with van der Waals surface area (Å²) in [5, 5.41) is 25.2. The molecule has 0 aliphatic carbocycles. The molecule has 1 saturated heterocycles. The van der Waals surface area contributed by atoms with Crippen LogP contribution >= 0.6 is 22.9 Å². The zero-order valence-corrected chi connectivity index (χ0v) is 19.6. The number of hydrogen-bond donors (Lipinski definition) is 3. The third-order valence-corrected chi connectivity index (χ3v) is 6.65. The normalized spacial score (nSPS) is 14.7. The molecule has 1 fully saturated rings. The van der Waals surface area contributed by atoms with Gasteiger partial charge in [-0.05, 0) is 63.2 Å². The molecule has 0 bridgehead atoms. The van der Waals surface area contributed by atoms with Crippen molar-refractivity contribution in [2.45, 2.75) is 26.3 Å². The summed E-state index contributed by atoms with van der Waals surface area (Å²) in [4.78, 5) is 27.2. The first-order valence-corrected chi connectivity index (χ1v) is 11.8. The molecule has 172 valence electrons. The second-order valence-electron chi connectivity index (χ2n) is 8.02. The lowest BCUT2D eigenvalue weighted by atomic mass is 9.96. The van der Waals surface area contributed by atoms with Crippen molar-refractivity contribution in [1.29, 1.82) is 0 Å². The van der Waals surface area contributed by atoms with Gasteiger partial charge in [-0.25, -0.2) is 0 Å². The largest absolute Gasteiger partial charge is 0.506 e. The van der Waals surface area contributed by atoms with Gasteiger partial charge in [-0.2, -0.15) is 0 Å². The molecule has 3 aromatic rings. The Morgan fingerprint density at radius 2 is 1.85 bits per heavy atom. The number of aromatic hydroxyl groups is 1. The predicted octanol–water partition coefficient (Wildman–Crippen LogP) is 4.31. The Morgan fingerprint density at radius 3 is 2.58 bits per heavy atom. The number of piperidine rings is 1. The van der Waals surface area contributed by atoms with Gasteiger partial charge in [0.05, 0.1) is 12.2 Å². The van der Waals surface area contributed by atoms with Gasteiger partial charge in [0, 0.05) is 16.6 Å². The van der Waals surface area contributed by atoms with E-state index < -0.39 is 0 Å². The highest BCUT2D eigenvalue weighted by molar-refractivity contribution is 7.13. The van der Waals surface area contributed by atoms with E-state index >= 15 is 0 Å². The molecule has 10 heteroatoms. The van der Waals surface area contributed by atoms with Gasteiger partial charge in [0.1, 0.15) is 10.8 Å². The first-order chi connectivity index (χ1) is 15.9. The van der Waals surface area contributed by atoms with Gasteiger partial charge in [0.25, 0.3) is 5.91 Å². The molecule has 0 radical (unpaired) electrons. The number of carbonyl (C=O) groups is 2. The zero-order chi connectivity index (χ0) is 23.4. The zero-order valence-electron chi connectivity index (χ0n) is 18.0. The number of benzene rings is 2. The topological polar surface area (TPSA) is 107 Å². The minimum Gasteiger partial charge on any atom is -0.506 e. The number of nitrogens with one attached hydrogen (secondary N) is 2. The number of likely N-dealkylation sites (tertiary alicyclic amines) is 1. The highest BCUT2D eigenvalue weighted by atomic mass is 35.5. The third kappa shape index (κ3) is 6.07. The second kappa shape index (κ2) is 10.3. The molecular formula is C23H24ClN5O3S. The Labute approximate surface area is 200 Å². The number of carbonyl (C=O) groups excluding carboxylic acids is 2. The standard InChI is InChI=1S/C23H24ClN5O3S/c1-14-2-5-17(6-3-14)25-22(32)23-28-27-20(33-23)13-29-10-8-15(9-11-29)21(31)26-18-12-16(24)4-7-19(18)30/h2-7,12,15,30H,8-11,13H2,1H3,(H,25,32)(H,26,31). The molecule has 2 amide bonds. The molecule has 0 atom stereocenters. The Hall–Kier alpha value is -3.01. The maximum absolute atomic E-state index is 12.6. The van der Waals surface area contributed by atoms with Gasteiger partial charge in [-0.3, -0.25) is 14.5 Å². The number of hydrogen-bond acceptors (Lipinski definition) is 7. The molecule has 0 unspecified atom stereocenters. The summed E-state index contributed by atoms with van der Waals surface area (Å²) in [5.74, 6) is -0.561.